The van der Waals surface area contributed by atoms with E-state index in [1.165, 1.54) is 0 Å². The van der Waals surface area contributed by atoms with Crippen LogP contribution in [-0.4, -0.2) is 11.5 Å². The Bertz CT molecular complexity index is 270. The molecule has 1 heterocycles. The fraction of sp³-hybridized carbons (Fsp3) is 0.375. The molecule has 0 aliphatic heterocycles. The van der Waals surface area contributed by atoms with Crippen molar-refractivity contribution in [2.45, 2.75) is 13.5 Å². The third-order valence-corrected chi connectivity index (χ3v) is 2.25. The average Bonchev–Trinajstić information content (AvgIpc) is 2.35. The Labute approximate surface area is 81.3 Å². The van der Waals surface area contributed by atoms with Gasteiger partial charge in [-0.2, -0.15) is 0 Å². The number of aromatic nitrogens is 1. The zero-order chi connectivity index (χ0) is 8.97. The van der Waals surface area contributed by atoms with Gasteiger partial charge in [0.05, 0.1) is 10.7 Å². The molecule has 0 amide bonds. The molecule has 1 N–H and O–H groups in total. The van der Waals surface area contributed by atoms with Crippen LogP contribution in [-0.2, 0) is 6.54 Å². The quantitative estimate of drug-likeness (QED) is 0.811. The molecule has 0 spiro atoms. The predicted molar refractivity (Wildman–Crippen MR) is 53.6 cm³/mol. The Morgan fingerprint density at radius 3 is 3.08 bits per heavy atom. The molecule has 4 heteroatoms. The van der Waals surface area contributed by atoms with Gasteiger partial charge in [-0.1, -0.05) is 18.2 Å². The van der Waals surface area contributed by atoms with Crippen LogP contribution in [0.15, 0.2) is 17.0 Å². The summed E-state index contributed by atoms with van der Waals surface area (Å²) in [7, 11) is 0. The van der Waals surface area contributed by atoms with Gasteiger partial charge in [0.1, 0.15) is 0 Å². The summed E-state index contributed by atoms with van der Waals surface area (Å²) in [4.78, 5) is 4.29. The van der Waals surface area contributed by atoms with E-state index in [0.717, 1.165) is 17.2 Å². The van der Waals surface area contributed by atoms with Crippen molar-refractivity contribution < 1.29 is 0 Å². The summed E-state index contributed by atoms with van der Waals surface area (Å²) in [6.07, 6.45) is 0. The van der Waals surface area contributed by atoms with Crippen molar-refractivity contribution in [2.24, 2.45) is 0 Å². The minimum atomic E-state index is 0.627. The smallest absolute Gasteiger partial charge is 0.0897 e. The highest BCUT2D eigenvalue weighted by atomic mass is 35.5. The first-order chi connectivity index (χ1) is 5.68. The van der Waals surface area contributed by atoms with E-state index in [1.807, 2.05) is 12.3 Å². The van der Waals surface area contributed by atoms with Crippen LogP contribution in [0.3, 0.4) is 0 Å². The molecule has 66 valence electrons. The monoisotopic (exact) mass is 202 g/mol. The highest BCUT2D eigenvalue weighted by Crippen LogP contribution is 2.07. The summed E-state index contributed by atoms with van der Waals surface area (Å²) in [6.45, 7) is 6.97. The minimum Gasteiger partial charge on any atom is -0.306 e. The van der Waals surface area contributed by atoms with Crippen LogP contribution >= 0.6 is 22.9 Å². The van der Waals surface area contributed by atoms with Gasteiger partial charge in [0.2, 0.25) is 0 Å². The summed E-state index contributed by atoms with van der Waals surface area (Å²) in [5.74, 6) is 0. The number of thiazole rings is 1. The van der Waals surface area contributed by atoms with Crippen LogP contribution in [0.2, 0.25) is 0 Å². The SMILES string of the molecule is C=C(Cl)CNCc1csc(C)n1. The third kappa shape index (κ3) is 3.34. The normalized spacial score (nSPS) is 10.2. The molecule has 0 saturated heterocycles. The molecule has 2 nitrogen and oxygen atoms in total. The van der Waals surface area contributed by atoms with Crippen molar-refractivity contribution in [2.75, 3.05) is 6.54 Å². The molecule has 0 fully saturated rings. The van der Waals surface area contributed by atoms with Crippen molar-refractivity contribution >= 4 is 22.9 Å². The van der Waals surface area contributed by atoms with Crippen molar-refractivity contribution in [3.63, 3.8) is 0 Å². The second-order valence-electron chi connectivity index (χ2n) is 2.48. The van der Waals surface area contributed by atoms with Gasteiger partial charge in [-0.05, 0) is 6.92 Å². The van der Waals surface area contributed by atoms with Crippen LogP contribution in [0.1, 0.15) is 10.7 Å². The summed E-state index contributed by atoms with van der Waals surface area (Å²) < 4.78 is 0. The van der Waals surface area contributed by atoms with Gasteiger partial charge in [-0.15, -0.1) is 11.3 Å². The van der Waals surface area contributed by atoms with Crippen LogP contribution in [0, 0.1) is 6.92 Å². The van der Waals surface area contributed by atoms with Crippen molar-refractivity contribution in [3.05, 3.63) is 27.7 Å². The number of hydrogen-bond donors (Lipinski definition) is 1. The highest BCUT2D eigenvalue weighted by Gasteiger charge is 1.96. The number of nitrogens with zero attached hydrogens (tertiary/aromatic N) is 1. The zero-order valence-corrected chi connectivity index (χ0v) is 8.50. The van der Waals surface area contributed by atoms with E-state index in [0.29, 0.717) is 11.6 Å². The number of halogens is 1. The molecule has 0 saturated carbocycles. The Balaban J connectivity index is 2.29. The first-order valence-electron chi connectivity index (χ1n) is 3.63. The van der Waals surface area contributed by atoms with Gasteiger partial charge in [-0.3, -0.25) is 0 Å². The zero-order valence-electron chi connectivity index (χ0n) is 6.93. The molecule has 1 rings (SSSR count). The fourth-order valence-electron chi connectivity index (χ4n) is 0.816. The van der Waals surface area contributed by atoms with Crippen LogP contribution in [0.5, 0.6) is 0 Å². The molecule has 0 radical (unpaired) electrons. The number of rotatable bonds is 4. The highest BCUT2D eigenvalue weighted by molar-refractivity contribution is 7.09. The molecule has 0 atom stereocenters. The average molecular weight is 203 g/mol. The predicted octanol–water partition coefficient (Wildman–Crippen LogP) is 2.29. The van der Waals surface area contributed by atoms with Gasteiger partial charge in [0, 0.05) is 23.5 Å². The van der Waals surface area contributed by atoms with Crippen molar-refractivity contribution in [3.8, 4) is 0 Å². The third-order valence-electron chi connectivity index (χ3n) is 1.29. The van der Waals surface area contributed by atoms with Crippen LogP contribution < -0.4 is 5.32 Å². The van der Waals surface area contributed by atoms with E-state index >= 15 is 0 Å². The second kappa shape index (κ2) is 4.60. The maximum absolute atomic E-state index is 5.57. The van der Waals surface area contributed by atoms with Crippen LogP contribution in [0.25, 0.3) is 0 Å². The molecule has 1 aromatic heterocycles. The fourth-order valence-corrected chi connectivity index (χ4v) is 1.52. The van der Waals surface area contributed by atoms with Crippen molar-refractivity contribution in [1.29, 1.82) is 0 Å². The molecular weight excluding hydrogens is 192 g/mol. The lowest BCUT2D eigenvalue weighted by molar-refractivity contribution is 0.739. The maximum Gasteiger partial charge on any atom is 0.0897 e. The number of hydrogen-bond acceptors (Lipinski definition) is 3. The standard InChI is InChI=1S/C8H11ClN2S/c1-6(9)3-10-4-8-5-12-7(2)11-8/h5,10H,1,3-4H2,2H3. The van der Waals surface area contributed by atoms with Gasteiger partial charge in [-0.25, -0.2) is 4.98 Å². The summed E-state index contributed by atoms with van der Waals surface area (Å²) in [6, 6.07) is 0. The van der Waals surface area contributed by atoms with Gasteiger partial charge in [0.25, 0.3) is 0 Å². The summed E-state index contributed by atoms with van der Waals surface area (Å²) in [5, 5.41) is 6.89. The lowest BCUT2D eigenvalue weighted by Crippen LogP contribution is -2.14. The van der Waals surface area contributed by atoms with Gasteiger partial charge < -0.3 is 5.32 Å². The Hall–Kier alpha value is -0.380. The van der Waals surface area contributed by atoms with Gasteiger partial charge >= 0.3 is 0 Å². The first kappa shape index (κ1) is 9.71. The van der Waals surface area contributed by atoms with Gasteiger partial charge in [0.15, 0.2) is 0 Å². The molecule has 1 aromatic rings. The summed E-state index contributed by atoms with van der Waals surface area (Å²) >= 11 is 7.23. The van der Waals surface area contributed by atoms with E-state index in [9.17, 15) is 0 Å². The summed E-state index contributed by atoms with van der Waals surface area (Å²) in [5.41, 5.74) is 1.07. The molecule has 12 heavy (non-hydrogen) atoms. The van der Waals surface area contributed by atoms with E-state index in [1.54, 1.807) is 11.3 Å². The lowest BCUT2D eigenvalue weighted by atomic mass is 10.4. The van der Waals surface area contributed by atoms with Crippen LogP contribution in [0.4, 0.5) is 0 Å². The van der Waals surface area contributed by atoms with E-state index in [4.69, 9.17) is 11.6 Å². The Kier molecular flexibility index (Phi) is 3.72. The number of nitrogens with one attached hydrogen (secondary N) is 1. The molecule has 0 aromatic carbocycles. The minimum absolute atomic E-state index is 0.627. The molecule has 0 aliphatic carbocycles. The molecular formula is C8H11ClN2S. The van der Waals surface area contributed by atoms with E-state index in [-0.39, 0.29) is 0 Å². The van der Waals surface area contributed by atoms with Crippen molar-refractivity contribution in [1.82, 2.24) is 10.3 Å². The molecule has 0 unspecified atom stereocenters. The largest absolute Gasteiger partial charge is 0.306 e. The maximum atomic E-state index is 5.57. The number of aryl methyl sites for hydroxylation is 1. The molecule has 0 bridgehead atoms. The van der Waals surface area contributed by atoms with E-state index < -0.39 is 0 Å². The lowest BCUT2D eigenvalue weighted by Gasteiger charge is -1.98. The Morgan fingerprint density at radius 1 is 1.83 bits per heavy atom. The topological polar surface area (TPSA) is 24.9 Å². The first-order valence-corrected chi connectivity index (χ1v) is 4.89. The molecule has 0 aliphatic rings. The Morgan fingerprint density at radius 2 is 2.58 bits per heavy atom. The second-order valence-corrected chi connectivity index (χ2v) is 4.08. The van der Waals surface area contributed by atoms with E-state index in [2.05, 4.69) is 16.9 Å².